The van der Waals surface area contributed by atoms with Crippen LogP contribution >= 0.6 is 0 Å². The van der Waals surface area contributed by atoms with Crippen LogP contribution in [0.25, 0.3) is 17.1 Å². The van der Waals surface area contributed by atoms with Crippen LogP contribution in [0, 0.1) is 0 Å². The largest absolute Gasteiger partial charge is 0.465 e. The fraction of sp³-hybridized carbons (Fsp3) is 0.471. The van der Waals surface area contributed by atoms with Gasteiger partial charge in [-0.2, -0.15) is 10.1 Å². The topological polar surface area (TPSA) is 130 Å². The third kappa shape index (κ3) is 3.07. The van der Waals surface area contributed by atoms with Crippen molar-refractivity contribution in [3.63, 3.8) is 0 Å². The van der Waals surface area contributed by atoms with Crippen LogP contribution < -0.4 is 5.56 Å². The molecule has 4 rings (SSSR count). The fourth-order valence-corrected chi connectivity index (χ4v) is 3.41. The van der Waals surface area contributed by atoms with Crippen LogP contribution in [0.3, 0.4) is 0 Å². The first-order chi connectivity index (χ1) is 12.9. The number of rotatable bonds is 3. The summed E-state index contributed by atoms with van der Waals surface area (Å²) >= 11 is 0. The zero-order valence-corrected chi connectivity index (χ0v) is 15.0. The number of aromatic amines is 1. The second kappa shape index (κ2) is 6.53. The van der Waals surface area contributed by atoms with E-state index in [0.29, 0.717) is 48.9 Å². The van der Waals surface area contributed by atoms with Gasteiger partial charge < -0.3 is 19.5 Å². The molecule has 1 aliphatic rings. The standard InChI is InChI=1S/C17H20N6O4/c1-9(2)14-20-16(27-21-14)11-8-18-23-12(7-13(24)19-15(11)23)10-3-5-22(6-4-10)17(25)26/h7-10H,3-6H2,1-2H3,(H,19,24)(H,25,26). The number of hydrogen-bond donors (Lipinski definition) is 2. The van der Waals surface area contributed by atoms with E-state index in [1.54, 1.807) is 10.7 Å². The van der Waals surface area contributed by atoms with E-state index >= 15 is 0 Å². The van der Waals surface area contributed by atoms with E-state index in [2.05, 4.69) is 20.2 Å². The van der Waals surface area contributed by atoms with Gasteiger partial charge in [-0.3, -0.25) is 4.79 Å². The number of H-pyrrole nitrogens is 1. The molecule has 1 aliphatic heterocycles. The molecule has 4 heterocycles. The highest BCUT2D eigenvalue weighted by molar-refractivity contribution is 5.71. The lowest BCUT2D eigenvalue weighted by atomic mass is 9.93. The minimum absolute atomic E-state index is 0.0482. The Balaban J connectivity index is 1.72. The number of nitrogens with zero attached hydrogens (tertiary/aromatic N) is 5. The van der Waals surface area contributed by atoms with Gasteiger partial charge in [0, 0.05) is 31.0 Å². The second-order valence-corrected chi connectivity index (χ2v) is 7.03. The molecule has 0 spiro atoms. The van der Waals surface area contributed by atoms with E-state index in [9.17, 15) is 9.59 Å². The summed E-state index contributed by atoms with van der Waals surface area (Å²) in [5.41, 5.74) is 1.57. The molecular weight excluding hydrogens is 352 g/mol. The Hall–Kier alpha value is -3.17. The number of likely N-dealkylation sites (tertiary alicyclic amines) is 1. The predicted molar refractivity (Wildman–Crippen MR) is 94.8 cm³/mol. The van der Waals surface area contributed by atoms with Gasteiger partial charge in [-0.1, -0.05) is 19.0 Å². The summed E-state index contributed by atoms with van der Waals surface area (Å²) in [6.45, 7) is 4.80. The number of hydrogen-bond acceptors (Lipinski definition) is 6. The summed E-state index contributed by atoms with van der Waals surface area (Å²) in [5.74, 6) is 1.07. The van der Waals surface area contributed by atoms with Gasteiger partial charge in [-0.15, -0.1) is 0 Å². The molecule has 3 aromatic rings. The number of carboxylic acid groups (broad SMARTS) is 1. The van der Waals surface area contributed by atoms with Crippen LogP contribution in [0.15, 0.2) is 21.6 Å². The Morgan fingerprint density at radius 2 is 2.11 bits per heavy atom. The smallest absolute Gasteiger partial charge is 0.407 e. The lowest BCUT2D eigenvalue weighted by Crippen LogP contribution is -2.37. The van der Waals surface area contributed by atoms with Crippen molar-refractivity contribution in [3.8, 4) is 11.5 Å². The van der Waals surface area contributed by atoms with Gasteiger partial charge >= 0.3 is 6.09 Å². The third-order valence-electron chi connectivity index (χ3n) is 4.91. The molecule has 0 unspecified atom stereocenters. The highest BCUT2D eigenvalue weighted by Gasteiger charge is 2.27. The van der Waals surface area contributed by atoms with E-state index in [1.807, 2.05) is 13.8 Å². The SMILES string of the molecule is CC(C)c1noc(-c2cnn3c(C4CCN(C(=O)O)CC4)cc(=O)[nH]c23)n1. The van der Waals surface area contributed by atoms with E-state index in [1.165, 1.54) is 11.0 Å². The van der Waals surface area contributed by atoms with Crippen molar-refractivity contribution < 1.29 is 14.4 Å². The molecule has 0 bridgehead atoms. The first-order valence-electron chi connectivity index (χ1n) is 8.87. The molecule has 0 saturated carbocycles. The van der Waals surface area contributed by atoms with Crippen molar-refractivity contribution in [1.29, 1.82) is 0 Å². The Morgan fingerprint density at radius 3 is 2.74 bits per heavy atom. The first kappa shape index (κ1) is 17.3. The van der Waals surface area contributed by atoms with Crippen LogP contribution in [0.4, 0.5) is 4.79 Å². The van der Waals surface area contributed by atoms with Gasteiger partial charge in [0.05, 0.1) is 11.9 Å². The molecule has 10 heteroatoms. The van der Waals surface area contributed by atoms with Crippen LogP contribution in [0.5, 0.6) is 0 Å². The predicted octanol–water partition coefficient (Wildman–Crippen LogP) is 2.05. The molecule has 1 fully saturated rings. The summed E-state index contributed by atoms with van der Waals surface area (Å²) in [4.78, 5) is 31.9. The molecule has 0 radical (unpaired) electrons. The van der Waals surface area contributed by atoms with Crippen molar-refractivity contribution in [1.82, 2.24) is 29.6 Å². The zero-order chi connectivity index (χ0) is 19.1. The van der Waals surface area contributed by atoms with Crippen LogP contribution in [-0.4, -0.2) is 53.9 Å². The number of fused-ring (bicyclic) bond motifs is 1. The Morgan fingerprint density at radius 1 is 1.37 bits per heavy atom. The fourth-order valence-electron chi connectivity index (χ4n) is 3.41. The molecule has 10 nitrogen and oxygen atoms in total. The lowest BCUT2D eigenvalue weighted by Gasteiger charge is -2.30. The van der Waals surface area contributed by atoms with E-state index in [-0.39, 0.29) is 17.4 Å². The van der Waals surface area contributed by atoms with E-state index < -0.39 is 6.09 Å². The number of carbonyl (C=O) groups is 1. The summed E-state index contributed by atoms with van der Waals surface area (Å²) < 4.78 is 7.01. The van der Waals surface area contributed by atoms with Crippen LogP contribution in [0.1, 0.15) is 50.0 Å². The number of nitrogens with one attached hydrogen (secondary N) is 1. The molecular formula is C17H20N6O4. The maximum atomic E-state index is 12.2. The average Bonchev–Trinajstić information content (AvgIpc) is 3.27. The molecule has 1 saturated heterocycles. The molecule has 0 aromatic carbocycles. The highest BCUT2D eigenvalue weighted by atomic mass is 16.5. The molecule has 27 heavy (non-hydrogen) atoms. The van der Waals surface area contributed by atoms with Gasteiger partial charge in [-0.05, 0) is 12.8 Å². The lowest BCUT2D eigenvalue weighted by molar-refractivity contribution is 0.131. The summed E-state index contributed by atoms with van der Waals surface area (Å²) in [6.07, 6.45) is 1.96. The number of piperidine rings is 1. The highest BCUT2D eigenvalue weighted by Crippen LogP contribution is 2.30. The average molecular weight is 372 g/mol. The second-order valence-electron chi connectivity index (χ2n) is 7.03. The summed E-state index contributed by atoms with van der Waals surface area (Å²) in [7, 11) is 0. The molecule has 142 valence electrons. The van der Waals surface area contributed by atoms with Gasteiger partial charge in [0.25, 0.3) is 11.4 Å². The van der Waals surface area contributed by atoms with E-state index in [0.717, 1.165) is 5.69 Å². The van der Waals surface area contributed by atoms with Crippen molar-refractivity contribution in [3.05, 3.63) is 34.1 Å². The molecule has 2 N–H and O–H groups in total. The monoisotopic (exact) mass is 372 g/mol. The maximum absolute atomic E-state index is 12.2. The van der Waals surface area contributed by atoms with Gasteiger partial charge in [0.1, 0.15) is 11.2 Å². The summed E-state index contributed by atoms with van der Waals surface area (Å²) in [6, 6.07) is 1.53. The quantitative estimate of drug-likeness (QED) is 0.719. The van der Waals surface area contributed by atoms with E-state index in [4.69, 9.17) is 9.63 Å². The molecule has 1 amide bonds. The Kier molecular flexibility index (Phi) is 4.17. The van der Waals surface area contributed by atoms with Crippen molar-refractivity contribution in [2.24, 2.45) is 0 Å². The van der Waals surface area contributed by atoms with Crippen molar-refractivity contribution in [2.45, 2.75) is 38.5 Å². The van der Waals surface area contributed by atoms with Crippen molar-refractivity contribution in [2.75, 3.05) is 13.1 Å². The minimum atomic E-state index is -0.914. The van der Waals surface area contributed by atoms with Crippen LogP contribution in [-0.2, 0) is 0 Å². The maximum Gasteiger partial charge on any atom is 0.407 e. The van der Waals surface area contributed by atoms with Crippen molar-refractivity contribution >= 4 is 11.7 Å². The Labute approximate surface area is 153 Å². The normalized spacial score (nSPS) is 15.7. The minimum Gasteiger partial charge on any atom is -0.465 e. The molecule has 3 aromatic heterocycles. The first-order valence-corrected chi connectivity index (χ1v) is 8.87. The molecule has 0 atom stereocenters. The number of aromatic nitrogens is 5. The molecule has 0 aliphatic carbocycles. The van der Waals surface area contributed by atoms with Gasteiger partial charge in [0.15, 0.2) is 5.82 Å². The Bertz CT molecular complexity index is 1040. The third-order valence-corrected chi connectivity index (χ3v) is 4.91. The van der Waals surface area contributed by atoms with Gasteiger partial charge in [0.2, 0.25) is 0 Å². The van der Waals surface area contributed by atoms with Gasteiger partial charge in [-0.25, -0.2) is 9.31 Å². The zero-order valence-electron chi connectivity index (χ0n) is 15.0. The van der Waals surface area contributed by atoms with Crippen LogP contribution in [0.2, 0.25) is 0 Å². The summed E-state index contributed by atoms with van der Waals surface area (Å²) in [5, 5.41) is 17.5. The number of amides is 1.